The van der Waals surface area contributed by atoms with Crippen LogP contribution in [0.5, 0.6) is 0 Å². The van der Waals surface area contributed by atoms with Gasteiger partial charge in [0.25, 0.3) is 0 Å². The molecular formula is C13H19N3O4S. The highest BCUT2D eigenvalue weighted by molar-refractivity contribution is 7.90. The summed E-state index contributed by atoms with van der Waals surface area (Å²) in [6, 6.07) is 4.06. The van der Waals surface area contributed by atoms with Crippen LogP contribution in [0.1, 0.15) is 30.1 Å². The minimum absolute atomic E-state index is 0.0231. The zero-order valence-electron chi connectivity index (χ0n) is 11.7. The number of aromatic carboxylic acids is 1. The van der Waals surface area contributed by atoms with E-state index in [1.54, 1.807) is 0 Å². The van der Waals surface area contributed by atoms with Gasteiger partial charge in [-0.1, -0.05) is 6.92 Å². The lowest BCUT2D eigenvalue weighted by Gasteiger charge is -2.30. The number of nitrogens with zero attached hydrogens (tertiary/aromatic N) is 1. The van der Waals surface area contributed by atoms with E-state index in [2.05, 4.69) is 4.72 Å². The summed E-state index contributed by atoms with van der Waals surface area (Å²) in [7, 11) is -3.76. The summed E-state index contributed by atoms with van der Waals surface area (Å²) in [4.78, 5) is 11.2. The van der Waals surface area contributed by atoms with E-state index in [1.165, 1.54) is 22.5 Å². The number of hydrogen-bond donors (Lipinski definition) is 3. The molecule has 1 unspecified atom stereocenters. The largest absolute Gasteiger partial charge is 0.478 e. The number of carbonyl (C=O) groups is 1. The van der Waals surface area contributed by atoms with Gasteiger partial charge in [-0.15, -0.1) is 0 Å². The van der Waals surface area contributed by atoms with Crippen LogP contribution in [-0.2, 0) is 10.2 Å². The molecule has 1 atom stereocenters. The van der Waals surface area contributed by atoms with Gasteiger partial charge in [0, 0.05) is 18.8 Å². The van der Waals surface area contributed by atoms with Gasteiger partial charge in [0.05, 0.1) is 11.3 Å². The summed E-state index contributed by atoms with van der Waals surface area (Å²) in [5.41, 5.74) is 5.66. The predicted molar refractivity (Wildman–Crippen MR) is 80.3 cm³/mol. The van der Waals surface area contributed by atoms with Gasteiger partial charge in [-0.2, -0.15) is 12.7 Å². The lowest BCUT2D eigenvalue weighted by molar-refractivity contribution is 0.0698. The second kappa shape index (κ2) is 5.90. The highest BCUT2D eigenvalue weighted by atomic mass is 32.2. The minimum Gasteiger partial charge on any atom is -0.478 e. The van der Waals surface area contributed by atoms with Crippen molar-refractivity contribution in [2.24, 2.45) is 5.92 Å². The molecule has 8 heteroatoms. The molecule has 1 aliphatic rings. The van der Waals surface area contributed by atoms with Crippen LogP contribution in [-0.4, -0.2) is 36.9 Å². The van der Waals surface area contributed by atoms with E-state index >= 15 is 0 Å². The number of carboxylic acid groups (broad SMARTS) is 1. The SMILES string of the molecule is CC1CCCN(S(=O)(=O)Nc2ccc(N)cc2C(=O)O)C1. The number of piperidine rings is 1. The van der Waals surface area contributed by atoms with Gasteiger partial charge in [0.2, 0.25) is 0 Å². The minimum atomic E-state index is -3.76. The molecule has 0 aromatic heterocycles. The molecule has 0 amide bonds. The van der Waals surface area contributed by atoms with Gasteiger partial charge in [-0.05, 0) is 37.0 Å². The summed E-state index contributed by atoms with van der Waals surface area (Å²) >= 11 is 0. The van der Waals surface area contributed by atoms with E-state index in [1.807, 2.05) is 6.92 Å². The van der Waals surface area contributed by atoms with Crippen LogP contribution < -0.4 is 10.5 Å². The van der Waals surface area contributed by atoms with Crippen LogP contribution in [0.2, 0.25) is 0 Å². The van der Waals surface area contributed by atoms with E-state index in [0.29, 0.717) is 19.0 Å². The molecule has 1 fully saturated rings. The second-order valence-corrected chi connectivity index (χ2v) is 6.99. The molecule has 0 bridgehead atoms. The molecule has 0 spiro atoms. The van der Waals surface area contributed by atoms with E-state index < -0.39 is 16.2 Å². The molecule has 2 rings (SSSR count). The van der Waals surface area contributed by atoms with Gasteiger partial charge < -0.3 is 10.8 Å². The molecule has 1 heterocycles. The standard InChI is InChI=1S/C13H19N3O4S/c1-9-3-2-6-16(8-9)21(19,20)15-12-5-4-10(14)7-11(12)13(17)18/h4-5,7,9,15H,2-3,6,8,14H2,1H3,(H,17,18). The third-order valence-corrected chi connectivity index (χ3v) is 4.96. The lowest BCUT2D eigenvalue weighted by Crippen LogP contribution is -2.42. The van der Waals surface area contributed by atoms with Crippen molar-refractivity contribution < 1.29 is 18.3 Å². The van der Waals surface area contributed by atoms with Crippen LogP contribution in [0.4, 0.5) is 11.4 Å². The monoisotopic (exact) mass is 313 g/mol. The van der Waals surface area contributed by atoms with Crippen molar-refractivity contribution in [2.45, 2.75) is 19.8 Å². The van der Waals surface area contributed by atoms with Gasteiger partial charge in [-0.25, -0.2) is 4.79 Å². The quantitative estimate of drug-likeness (QED) is 0.726. The molecule has 1 aliphatic heterocycles. The smallest absolute Gasteiger partial charge is 0.337 e. The Hall–Kier alpha value is -1.80. The molecule has 0 radical (unpaired) electrons. The topological polar surface area (TPSA) is 113 Å². The summed E-state index contributed by atoms with van der Waals surface area (Å²) in [6.45, 7) is 2.87. The predicted octanol–water partition coefficient (Wildman–Crippen LogP) is 1.36. The number of benzene rings is 1. The van der Waals surface area contributed by atoms with Crippen molar-refractivity contribution in [3.8, 4) is 0 Å². The van der Waals surface area contributed by atoms with Crippen LogP contribution in [0, 0.1) is 5.92 Å². The highest BCUT2D eigenvalue weighted by Crippen LogP contribution is 2.23. The summed E-state index contributed by atoms with van der Waals surface area (Å²) in [6.07, 6.45) is 1.80. The number of anilines is 2. The Balaban J connectivity index is 2.26. The van der Waals surface area contributed by atoms with Crippen LogP contribution in [0.15, 0.2) is 18.2 Å². The molecule has 4 N–H and O–H groups in total. The molecule has 1 saturated heterocycles. The van der Waals surface area contributed by atoms with Crippen molar-refractivity contribution in [3.05, 3.63) is 23.8 Å². The molecule has 0 saturated carbocycles. The molecule has 1 aromatic carbocycles. The number of nitrogens with two attached hydrogens (primary N) is 1. The third kappa shape index (κ3) is 3.64. The van der Waals surface area contributed by atoms with Crippen molar-refractivity contribution in [1.82, 2.24) is 4.31 Å². The zero-order chi connectivity index (χ0) is 15.6. The van der Waals surface area contributed by atoms with Crippen LogP contribution in [0.3, 0.4) is 0 Å². The fourth-order valence-corrected chi connectivity index (χ4v) is 3.80. The molecule has 116 valence electrons. The Bertz CT molecular complexity index is 645. The van der Waals surface area contributed by atoms with Crippen molar-refractivity contribution in [1.29, 1.82) is 0 Å². The Kier molecular flexibility index (Phi) is 4.38. The zero-order valence-corrected chi connectivity index (χ0v) is 12.6. The summed E-state index contributed by atoms with van der Waals surface area (Å²) < 4.78 is 28.4. The Morgan fingerprint density at radius 1 is 1.48 bits per heavy atom. The highest BCUT2D eigenvalue weighted by Gasteiger charge is 2.28. The van der Waals surface area contributed by atoms with E-state index in [0.717, 1.165) is 12.8 Å². The fourth-order valence-electron chi connectivity index (χ4n) is 2.40. The Morgan fingerprint density at radius 3 is 2.81 bits per heavy atom. The normalized spacial score (nSPS) is 20.1. The van der Waals surface area contributed by atoms with E-state index in [9.17, 15) is 13.2 Å². The Morgan fingerprint density at radius 2 is 2.19 bits per heavy atom. The van der Waals surface area contributed by atoms with Crippen molar-refractivity contribution >= 4 is 27.6 Å². The first-order chi connectivity index (χ1) is 9.79. The lowest BCUT2D eigenvalue weighted by atomic mass is 10.0. The van der Waals surface area contributed by atoms with Crippen molar-refractivity contribution in [2.75, 3.05) is 23.5 Å². The van der Waals surface area contributed by atoms with Crippen LogP contribution in [0.25, 0.3) is 0 Å². The molecule has 21 heavy (non-hydrogen) atoms. The first-order valence-corrected chi connectivity index (χ1v) is 8.14. The van der Waals surface area contributed by atoms with Gasteiger partial charge in [0.15, 0.2) is 0 Å². The fraction of sp³-hybridized carbons (Fsp3) is 0.462. The molecule has 7 nitrogen and oxygen atoms in total. The average molecular weight is 313 g/mol. The summed E-state index contributed by atoms with van der Waals surface area (Å²) in [5.74, 6) is -0.937. The molecule has 0 aliphatic carbocycles. The average Bonchev–Trinajstić information content (AvgIpc) is 2.40. The molecular weight excluding hydrogens is 294 g/mol. The Labute approximate surface area is 123 Å². The van der Waals surface area contributed by atoms with E-state index in [-0.39, 0.29) is 16.9 Å². The number of nitrogen functional groups attached to an aromatic ring is 1. The van der Waals surface area contributed by atoms with Gasteiger partial charge >= 0.3 is 16.2 Å². The van der Waals surface area contributed by atoms with E-state index in [4.69, 9.17) is 10.8 Å². The van der Waals surface area contributed by atoms with Crippen LogP contribution >= 0.6 is 0 Å². The second-order valence-electron chi connectivity index (χ2n) is 5.32. The number of hydrogen-bond acceptors (Lipinski definition) is 4. The molecule has 1 aromatic rings. The maximum Gasteiger partial charge on any atom is 0.337 e. The third-order valence-electron chi connectivity index (χ3n) is 3.47. The number of nitrogens with one attached hydrogen (secondary N) is 1. The van der Waals surface area contributed by atoms with Gasteiger partial charge in [-0.3, -0.25) is 4.72 Å². The summed E-state index contributed by atoms with van der Waals surface area (Å²) in [5, 5.41) is 9.14. The maximum atomic E-state index is 12.4. The van der Waals surface area contributed by atoms with Crippen molar-refractivity contribution in [3.63, 3.8) is 0 Å². The van der Waals surface area contributed by atoms with Gasteiger partial charge in [0.1, 0.15) is 0 Å². The first kappa shape index (κ1) is 15.6. The number of carboxylic acids is 1. The first-order valence-electron chi connectivity index (χ1n) is 6.70. The maximum absolute atomic E-state index is 12.4. The number of rotatable bonds is 4.